The average Bonchev–Trinajstić information content (AvgIpc) is 3.00. The number of thioether (sulfide) groups is 1. The molecule has 6 nitrogen and oxygen atoms in total. The lowest BCUT2D eigenvalue weighted by Crippen LogP contribution is -2.19. The van der Waals surface area contributed by atoms with Crippen molar-refractivity contribution in [3.63, 3.8) is 0 Å². The monoisotopic (exact) mass is 373 g/mol. The summed E-state index contributed by atoms with van der Waals surface area (Å²) in [5.41, 5.74) is 2.46. The summed E-state index contributed by atoms with van der Waals surface area (Å²) in [5, 5.41) is 20.3. The van der Waals surface area contributed by atoms with Gasteiger partial charge in [0.1, 0.15) is 0 Å². The molecule has 0 saturated carbocycles. The molecule has 8 heteroatoms. The molecule has 1 aliphatic rings. The van der Waals surface area contributed by atoms with E-state index in [2.05, 4.69) is 15.5 Å². The summed E-state index contributed by atoms with van der Waals surface area (Å²) >= 11 is 7.35. The summed E-state index contributed by atoms with van der Waals surface area (Å²) in [4.78, 5) is 22.2. The number of hydrogen-bond acceptors (Lipinski definition) is 5. The molecule has 0 aromatic heterocycles. The zero-order chi connectivity index (χ0) is 17.8. The molecule has 2 aromatic rings. The van der Waals surface area contributed by atoms with Crippen molar-refractivity contribution in [2.24, 2.45) is 10.2 Å². The number of rotatable bonds is 4. The van der Waals surface area contributed by atoms with Gasteiger partial charge in [0.2, 0.25) is 5.91 Å². The van der Waals surface area contributed by atoms with Crippen molar-refractivity contribution in [2.75, 3.05) is 5.75 Å². The average molecular weight is 374 g/mol. The van der Waals surface area contributed by atoms with Gasteiger partial charge in [-0.3, -0.25) is 4.79 Å². The van der Waals surface area contributed by atoms with E-state index in [0.29, 0.717) is 10.9 Å². The molecule has 3 rings (SSSR count). The molecule has 1 saturated heterocycles. The molecular formula is C17H12ClN3O3S. The first kappa shape index (κ1) is 17.2. The minimum absolute atomic E-state index is 0.0527. The summed E-state index contributed by atoms with van der Waals surface area (Å²) < 4.78 is 0. The van der Waals surface area contributed by atoms with Crippen molar-refractivity contribution in [2.45, 2.75) is 0 Å². The predicted molar refractivity (Wildman–Crippen MR) is 99.5 cm³/mol. The molecule has 0 radical (unpaired) electrons. The lowest BCUT2D eigenvalue weighted by Gasteiger charge is -2.07. The second-order valence-electron chi connectivity index (χ2n) is 5.07. The van der Waals surface area contributed by atoms with Crippen molar-refractivity contribution < 1.29 is 14.7 Å². The van der Waals surface area contributed by atoms with Crippen LogP contribution in [-0.4, -0.2) is 34.1 Å². The third-order valence-electron chi connectivity index (χ3n) is 3.40. The molecule has 25 heavy (non-hydrogen) atoms. The van der Waals surface area contributed by atoms with Crippen LogP contribution in [0.15, 0.2) is 52.7 Å². The SMILES string of the molecule is O=C1CSC(=NN=Cc2ccccc2-c2ccc(C(=O)O)c(Cl)c2)N1. The number of carbonyl (C=O) groups is 2. The van der Waals surface area contributed by atoms with Gasteiger partial charge in [0.05, 0.1) is 22.6 Å². The maximum absolute atomic E-state index is 11.1. The number of amides is 1. The van der Waals surface area contributed by atoms with Crippen LogP contribution in [0, 0.1) is 0 Å². The molecule has 0 spiro atoms. The van der Waals surface area contributed by atoms with Gasteiger partial charge in [0, 0.05) is 5.56 Å². The van der Waals surface area contributed by atoms with Gasteiger partial charge in [-0.05, 0) is 23.3 Å². The third-order valence-corrected chi connectivity index (χ3v) is 4.58. The van der Waals surface area contributed by atoms with E-state index in [1.807, 2.05) is 24.3 Å². The van der Waals surface area contributed by atoms with Gasteiger partial charge < -0.3 is 10.4 Å². The molecular weight excluding hydrogens is 362 g/mol. The normalized spacial score (nSPS) is 15.7. The quantitative estimate of drug-likeness (QED) is 0.635. The van der Waals surface area contributed by atoms with Crippen molar-refractivity contribution >= 4 is 46.6 Å². The van der Waals surface area contributed by atoms with Gasteiger partial charge in [-0.2, -0.15) is 5.10 Å². The minimum Gasteiger partial charge on any atom is -0.478 e. The van der Waals surface area contributed by atoms with Gasteiger partial charge in [-0.25, -0.2) is 4.79 Å². The number of aromatic carboxylic acids is 1. The number of carboxylic acids is 1. The number of carbonyl (C=O) groups excluding carboxylic acids is 1. The molecule has 0 bridgehead atoms. The van der Waals surface area contributed by atoms with E-state index in [9.17, 15) is 9.59 Å². The van der Waals surface area contributed by atoms with Crippen molar-refractivity contribution in [3.8, 4) is 11.1 Å². The Labute approximate surface area is 152 Å². The van der Waals surface area contributed by atoms with Crippen LogP contribution >= 0.6 is 23.4 Å². The van der Waals surface area contributed by atoms with Gasteiger partial charge in [0.25, 0.3) is 0 Å². The summed E-state index contributed by atoms with van der Waals surface area (Å²) in [6.07, 6.45) is 1.58. The van der Waals surface area contributed by atoms with Gasteiger partial charge >= 0.3 is 5.97 Å². The third kappa shape index (κ3) is 4.07. The fourth-order valence-corrected chi connectivity index (χ4v) is 3.14. The van der Waals surface area contributed by atoms with E-state index < -0.39 is 5.97 Å². The van der Waals surface area contributed by atoms with Crippen LogP contribution in [0.1, 0.15) is 15.9 Å². The topological polar surface area (TPSA) is 91.1 Å². The first-order chi connectivity index (χ1) is 12.0. The van der Waals surface area contributed by atoms with Crippen molar-refractivity contribution in [1.29, 1.82) is 0 Å². The van der Waals surface area contributed by atoms with E-state index >= 15 is 0 Å². The van der Waals surface area contributed by atoms with Crippen molar-refractivity contribution in [3.05, 3.63) is 58.6 Å². The first-order valence-corrected chi connectivity index (χ1v) is 8.57. The molecule has 0 aliphatic carbocycles. The first-order valence-electron chi connectivity index (χ1n) is 7.20. The minimum atomic E-state index is -1.07. The maximum atomic E-state index is 11.1. The lowest BCUT2D eigenvalue weighted by atomic mass is 9.99. The zero-order valence-corrected chi connectivity index (χ0v) is 14.3. The zero-order valence-electron chi connectivity index (χ0n) is 12.8. The fraction of sp³-hybridized carbons (Fsp3) is 0.0588. The van der Waals surface area contributed by atoms with Gasteiger partial charge in [0.15, 0.2) is 5.17 Å². The van der Waals surface area contributed by atoms with Crippen molar-refractivity contribution in [1.82, 2.24) is 5.32 Å². The number of halogens is 1. The lowest BCUT2D eigenvalue weighted by molar-refractivity contribution is -0.116. The Kier molecular flexibility index (Phi) is 5.16. The smallest absolute Gasteiger partial charge is 0.337 e. The Morgan fingerprint density at radius 1 is 1.28 bits per heavy atom. The molecule has 126 valence electrons. The summed E-state index contributed by atoms with van der Waals surface area (Å²) in [5.74, 6) is -0.815. The van der Waals surface area contributed by atoms with Crippen LogP contribution in [0.5, 0.6) is 0 Å². The molecule has 1 amide bonds. The Morgan fingerprint density at radius 2 is 2.08 bits per heavy atom. The molecule has 2 N–H and O–H groups in total. The summed E-state index contributed by atoms with van der Waals surface area (Å²) in [7, 11) is 0. The number of hydrogen-bond donors (Lipinski definition) is 2. The van der Waals surface area contributed by atoms with Crippen LogP contribution in [0.4, 0.5) is 0 Å². The highest BCUT2D eigenvalue weighted by atomic mass is 35.5. The number of nitrogens with zero attached hydrogens (tertiary/aromatic N) is 2. The Balaban J connectivity index is 1.90. The van der Waals surface area contributed by atoms with Crippen LogP contribution in [-0.2, 0) is 4.79 Å². The van der Waals surface area contributed by atoms with Crippen LogP contribution < -0.4 is 5.32 Å². The maximum Gasteiger partial charge on any atom is 0.337 e. The molecule has 0 atom stereocenters. The number of nitrogens with one attached hydrogen (secondary N) is 1. The van der Waals surface area contributed by atoms with E-state index in [1.165, 1.54) is 17.8 Å². The molecule has 1 aliphatic heterocycles. The molecule has 1 heterocycles. The Morgan fingerprint density at radius 3 is 2.76 bits per heavy atom. The van der Waals surface area contributed by atoms with Gasteiger partial charge in [-0.15, -0.1) is 5.10 Å². The predicted octanol–water partition coefficient (Wildman–Crippen LogP) is 3.26. The molecule has 0 unspecified atom stereocenters. The second-order valence-corrected chi connectivity index (χ2v) is 6.44. The molecule has 1 fully saturated rings. The van der Waals surface area contributed by atoms with E-state index in [0.717, 1.165) is 16.7 Å². The van der Waals surface area contributed by atoms with Crippen LogP contribution in [0.25, 0.3) is 11.1 Å². The summed E-state index contributed by atoms with van der Waals surface area (Å²) in [6, 6.07) is 12.2. The number of amidine groups is 1. The standard InChI is InChI=1S/C17H12ClN3O3S/c18-14-7-10(5-6-13(14)16(23)24)12-4-2-1-3-11(12)8-19-21-17-20-15(22)9-25-17/h1-8H,9H2,(H,23,24)(H,20,21,22). The Bertz CT molecular complexity index is 912. The van der Waals surface area contributed by atoms with Gasteiger partial charge in [-0.1, -0.05) is 53.7 Å². The highest BCUT2D eigenvalue weighted by Crippen LogP contribution is 2.27. The fourth-order valence-electron chi connectivity index (χ4n) is 2.25. The highest BCUT2D eigenvalue weighted by Gasteiger charge is 2.16. The second kappa shape index (κ2) is 7.50. The Hall–Kier alpha value is -2.64. The number of benzene rings is 2. The summed E-state index contributed by atoms with van der Waals surface area (Å²) in [6.45, 7) is 0. The van der Waals surface area contributed by atoms with E-state index in [-0.39, 0.29) is 16.5 Å². The van der Waals surface area contributed by atoms with Crippen LogP contribution in [0.3, 0.4) is 0 Å². The largest absolute Gasteiger partial charge is 0.478 e. The number of carboxylic acid groups (broad SMARTS) is 1. The van der Waals surface area contributed by atoms with E-state index in [4.69, 9.17) is 16.7 Å². The van der Waals surface area contributed by atoms with Crippen LogP contribution in [0.2, 0.25) is 5.02 Å². The van der Waals surface area contributed by atoms with E-state index in [1.54, 1.807) is 18.3 Å². The highest BCUT2D eigenvalue weighted by molar-refractivity contribution is 8.15. The molecule has 2 aromatic carbocycles.